The zero-order valence-corrected chi connectivity index (χ0v) is 18.6. The first-order valence-corrected chi connectivity index (χ1v) is 10.5. The Morgan fingerprint density at radius 1 is 0.794 bits per heavy atom. The van der Waals surface area contributed by atoms with E-state index < -0.39 is 17.5 Å². The molecule has 0 amide bonds. The Morgan fingerprint density at radius 2 is 1.38 bits per heavy atom. The van der Waals surface area contributed by atoms with Gasteiger partial charge in [-0.05, 0) is 43.3 Å². The molecule has 0 spiro atoms. The van der Waals surface area contributed by atoms with Crippen LogP contribution >= 0.6 is 0 Å². The molecule has 34 heavy (non-hydrogen) atoms. The fraction of sp³-hybridized carbons (Fsp3) is 0.292. The van der Waals surface area contributed by atoms with Crippen molar-refractivity contribution in [3.8, 4) is 0 Å². The maximum absolute atomic E-state index is 11.4. The third kappa shape index (κ3) is 6.64. The number of pyridine rings is 3. The molecule has 3 aromatic rings. The Kier molecular flexibility index (Phi) is 8.74. The highest BCUT2D eigenvalue weighted by atomic mass is 16.6. The molecule has 10 heteroatoms. The van der Waals surface area contributed by atoms with Crippen LogP contribution in [0.3, 0.4) is 0 Å². The quantitative estimate of drug-likeness (QED) is 0.360. The number of ether oxygens (including phenoxy) is 3. The van der Waals surface area contributed by atoms with E-state index in [0.29, 0.717) is 19.8 Å². The van der Waals surface area contributed by atoms with Crippen molar-refractivity contribution in [3.05, 3.63) is 89.3 Å². The van der Waals surface area contributed by atoms with Gasteiger partial charge in [-0.25, -0.2) is 19.6 Å². The first-order chi connectivity index (χ1) is 16.4. The topological polar surface area (TPSA) is 141 Å². The van der Waals surface area contributed by atoms with Gasteiger partial charge in [0.2, 0.25) is 0 Å². The van der Waals surface area contributed by atoms with E-state index in [9.17, 15) is 19.8 Å². The van der Waals surface area contributed by atoms with E-state index in [4.69, 9.17) is 14.2 Å². The molecule has 3 heterocycles. The van der Waals surface area contributed by atoms with Crippen molar-refractivity contribution in [1.82, 2.24) is 15.0 Å². The van der Waals surface area contributed by atoms with Gasteiger partial charge in [0.15, 0.2) is 0 Å². The van der Waals surface area contributed by atoms with Gasteiger partial charge in [0.25, 0.3) is 0 Å². The normalized spacial score (nSPS) is 11.3. The molecule has 2 N–H and O–H groups in total. The summed E-state index contributed by atoms with van der Waals surface area (Å²) in [6.07, 6.45) is 1.70. The molecule has 0 bridgehead atoms. The predicted molar refractivity (Wildman–Crippen MR) is 120 cm³/mol. The second-order valence-electron chi connectivity index (χ2n) is 7.29. The number of carboxylic acids is 2. The molecule has 10 nitrogen and oxygen atoms in total. The number of hydrogen-bond donors (Lipinski definition) is 2. The zero-order chi connectivity index (χ0) is 24.4. The Balaban J connectivity index is 1.63. The van der Waals surface area contributed by atoms with Crippen LogP contribution in [-0.4, -0.2) is 63.5 Å². The minimum atomic E-state index is -1.31. The van der Waals surface area contributed by atoms with Crippen molar-refractivity contribution in [3.63, 3.8) is 0 Å². The third-order valence-electron chi connectivity index (χ3n) is 4.88. The van der Waals surface area contributed by atoms with Gasteiger partial charge in [-0.1, -0.05) is 18.2 Å². The smallest absolute Gasteiger partial charge is 0.354 e. The summed E-state index contributed by atoms with van der Waals surface area (Å²) in [7, 11) is 0. The molecule has 0 aliphatic heterocycles. The third-order valence-corrected chi connectivity index (χ3v) is 4.88. The fourth-order valence-corrected chi connectivity index (χ4v) is 3.10. The second kappa shape index (κ2) is 11.9. The molecule has 0 saturated heterocycles. The molecule has 0 saturated carbocycles. The first kappa shape index (κ1) is 24.9. The van der Waals surface area contributed by atoms with Crippen LogP contribution in [0, 0.1) is 0 Å². The molecular formula is C24H25N3O7. The van der Waals surface area contributed by atoms with E-state index in [2.05, 4.69) is 15.0 Å². The molecule has 0 aromatic carbocycles. The second-order valence-corrected chi connectivity index (χ2v) is 7.29. The molecule has 0 aliphatic carbocycles. The lowest BCUT2D eigenvalue weighted by molar-refractivity contribution is -0.0487. The summed E-state index contributed by atoms with van der Waals surface area (Å²) in [6, 6.07) is 14.6. The SMILES string of the molecule is CC(OCCOCCOCc1ccccn1)(c1cccc(C(=O)O)n1)c1cccc(C(=O)O)n1. The van der Waals surface area contributed by atoms with E-state index in [1.54, 1.807) is 37.4 Å². The van der Waals surface area contributed by atoms with Crippen LogP contribution in [0.15, 0.2) is 60.8 Å². The monoisotopic (exact) mass is 467 g/mol. The molecule has 0 aliphatic rings. The number of hydrogen-bond acceptors (Lipinski definition) is 8. The van der Waals surface area contributed by atoms with Crippen LogP contribution < -0.4 is 0 Å². The number of rotatable bonds is 13. The maximum atomic E-state index is 11.4. The lowest BCUT2D eigenvalue weighted by Gasteiger charge is -2.29. The van der Waals surface area contributed by atoms with Crippen LogP contribution in [0.4, 0.5) is 0 Å². The van der Waals surface area contributed by atoms with Gasteiger partial charge in [0.05, 0.1) is 50.1 Å². The molecule has 3 rings (SSSR count). The van der Waals surface area contributed by atoms with Crippen LogP contribution in [0.1, 0.15) is 45.0 Å². The summed E-state index contributed by atoms with van der Waals surface area (Å²) in [5, 5.41) is 18.6. The molecule has 3 aromatic heterocycles. The lowest BCUT2D eigenvalue weighted by Crippen LogP contribution is -2.32. The minimum absolute atomic E-state index is 0.120. The zero-order valence-electron chi connectivity index (χ0n) is 18.6. The Hall–Kier alpha value is -3.73. The molecule has 0 radical (unpaired) electrons. The van der Waals surface area contributed by atoms with Crippen molar-refractivity contribution in [2.75, 3.05) is 26.4 Å². The lowest BCUT2D eigenvalue weighted by atomic mass is 9.95. The summed E-state index contributed by atoms with van der Waals surface area (Å²) in [5.74, 6) is -2.38. The average molecular weight is 467 g/mol. The summed E-state index contributed by atoms with van der Waals surface area (Å²) < 4.78 is 17.1. The number of aromatic carboxylic acids is 2. The van der Waals surface area contributed by atoms with Crippen LogP contribution in [0.25, 0.3) is 0 Å². The average Bonchev–Trinajstić information content (AvgIpc) is 2.86. The molecule has 0 atom stereocenters. The highest BCUT2D eigenvalue weighted by Gasteiger charge is 2.34. The highest BCUT2D eigenvalue weighted by Crippen LogP contribution is 2.31. The summed E-state index contributed by atoms with van der Waals surface area (Å²) in [4.78, 5) is 35.4. The van der Waals surface area contributed by atoms with E-state index in [1.165, 1.54) is 12.1 Å². The van der Waals surface area contributed by atoms with Crippen LogP contribution in [-0.2, 0) is 26.4 Å². The van der Waals surface area contributed by atoms with E-state index in [-0.39, 0.29) is 36.0 Å². The van der Waals surface area contributed by atoms with Crippen LogP contribution in [0.5, 0.6) is 0 Å². The van der Waals surface area contributed by atoms with Crippen molar-refractivity contribution < 1.29 is 34.0 Å². The van der Waals surface area contributed by atoms with E-state index >= 15 is 0 Å². The van der Waals surface area contributed by atoms with Crippen molar-refractivity contribution in [2.24, 2.45) is 0 Å². The standard InChI is InChI=1S/C24H25N3O7/c1-24(20-9-4-7-18(26-20)22(28)29,21-10-5-8-19(27-21)23(30)31)34-15-14-32-12-13-33-16-17-6-2-3-11-25-17/h2-11H,12-16H2,1H3,(H,28,29)(H,30,31). The Morgan fingerprint density at radius 3 is 1.94 bits per heavy atom. The molecule has 178 valence electrons. The van der Waals surface area contributed by atoms with E-state index in [0.717, 1.165) is 5.69 Å². The van der Waals surface area contributed by atoms with Gasteiger partial charge in [0.1, 0.15) is 17.0 Å². The van der Waals surface area contributed by atoms with Gasteiger partial charge in [-0.2, -0.15) is 0 Å². The fourth-order valence-electron chi connectivity index (χ4n) is 3.10. The van der Waals surface area contributed by atoms with Gasteiger partial charge < -0.3 is 24.4 Å². The summed E-state index contributed by atoms with van der Waals surface area (Å²) in [6.45, 7) is 3.10. The number of nitrogens with zero attached hydrogens (tertiary/aromatic N) is 3. The molecular weight excluding hydrogens is 442 g/mol. The number of aromatic nitrogens is 3. The van der Waals surface area contributed by atoms with Gasteiger partial charge >= 0.3 is 11.9 Å². The summed E-state index contributed by atoms with van der Waals surface area (Å²) >= 11 is 0. The van der Waals surface area contributed by atoms with Gasteiger partial charge in [-0.15, -0.1) is 0 Å². The van der Waals surface area contributed by atoms with Gasteiger partial charge in [0, 0.05) is 6.20 Å². The minimum Gasteiger partial charge on any atom is -0.477 e. The Bertz CT molecular complexity index is 1050. The van der Waals surface area contributed by atoms with E-state index in [1.807, 2.05) is 18.2 Å². The number of carbonyl (C=O) groups is 2. The van der Waals surface area contributed by atoms with Crippen LogP contribution in [0.2, 0.25) is 0 Å². The Labute approximate surface area is 196 Å². The maximum Gasteiger partial charge on any atom is 0.354 e. The van der Waals surface area contributed by atoms with Crippen molar-refractivity contribution in [2.45, 2.75) is 19.1 Å². The molecule has 0 fully saturated rings. The highest BCUT2D eigenvalue weighted by molar-refractivity contribution is 5.85. The largest absolute Gasteiger partial charge is 0.477 e. The predicted octanol–water partition coefficient (Wildman–Crippen LogP) is 2.78. The van der Waals surface area contributed by atoms with Gasteiger partial charge in [-0.3, -0.25) is 4.98 Å². The summed E-state index contributed by atoms with van der Waals surface area (Å²) in [5.41, 5.74) is -0.252. The van der Waals surface area contributed by atoms with Crippen molar-refractivity contribution >= 4 is 11.9 Å². The number of carboxylic acid groups (broad SMARTS) is 2. The first-order valence-electron chi connectivity index (χ1n) is 10.5. The molecule has 0 unspecified atom stereocenters. The van der Waals surface area contributed by atoms with Crippen molar-refractivity contribution in [1.29, 1.82) is 0 Å².